The molecule has 0 aliphatic heterocycles. The summed E-state index contributed by atoms with van der Waals surface area (Å²) in [7, 11) is 1.36. The van der Waals surface area contributed by atoms with E-state index in [1.54, 1.807) is 17.9 Å². The van der Waals surface area contributed by atoms with Gasteiger partial charge in [-0.1, -0.05) is 0 Å². The van der Waals surface area contributed by atoms with Crippen molar-refractivity contribution in [2.75, 3.05) is 25.1 Å². The first kappa shape index (κ1) is 32.3. The minimum absolute atomic E-state index is 0.0260. The monoisotopic (exact) mass is 607 g/mol. The minimum atomic E-state index is -2.38. The van der Waals surface area contributed by atoms with E-state index in [0.29, 0.717) is 12.2 Å². The maximum absolute atomic E-state index is 13.8. The molecule has 0 amide bonds. The lowest BCUT2D eigenvalue weighted by Crippen LogP contribution is -2.25. The van der Waals surface area contributed by atoms with Crippen LogP contribution in [0.1, 0.15) is 30.9 Å². The number of nitrogens with zero attached hydrogens (tertiary/aromatic N) is 5. The number of nitriles is 1. The number of nitro groups is 1. The molecule has 0 bridgehead atoms. The highest BCUT2D eigenvalue weighted by Crippen LogP contribution is 2.37. The van der Waals surface area contributed by atoms with Gasteiger partial charge in [-0.2, -0.15) is 14.0 Å². The van der Waals surface area contributed by atoms with Gasteiger partial charge in [0, 0.05) is 43.3 Å². The molecule has 11 nitrogen and oxygen atoms in total. The van der Waals surface area contributed by atoms with Crippen molar-refractivity contribution in [1.82, 2.24) is 0 Å². The summed E-state index contributed by atoms with van der Waals surface area (Å²) in [6, 6.07) is 8.24. The van der Waals surface area contributed by atoms with Crippen LogP contribution in [0.5, 0.6) is 11.5 Å². The summed E-state index contributed by atoms with van der Waals surface area (Å²) in [4.78, 5) is 24.2. The second-order valence-electron chi connectivity index (χ2n) is 8.64. The maximum Gasteiger partial charge on any atom is 0.311 e. The molecular formula is C27H22F5N5O6. The molecule has 0 atom stereocenters. The average molecular weight is 607 g/mol. The van der Waals surface area contributed by atoms with Crippen molar-refractivity contribution < 1.29 is 46.3 Å². The van der Waals surface area contributed by atoms with Crippen LogP contribution in [0.3, 0.4) is 0 Å². The van der Waals surface area contributed by atoms with Crippen LogP contribution in [0.4, 0.5) is 44.7 Å². The van der Waals surface area contributed by atoms with Crippen LogP contribution in [0.25, 0.3) is 0 Å². The molecule has 0 aliphatic carbocycles. The molecule has 0 unspecified atom stereocenters. The largest absolute Gasteiger partial charge is 0.495 e. The zero-order valence-corrected chi connectivity index (χ0v) is 22.5. The van der Waals surface area contributed by atoms with E-state index in [1.165, 1.54) is 25.3 Å². The smallest absolute Gasteiger partial charge is 0.311 e. The fraction of sp³-hybridized carbons (Fsp3) is 0.259. The summed E-state index contributed by atoms with van der Waals surface area (Å²) in [5, 5.41) is 38.3. The number of esters is 1. The Bertz CT molecular complexity index is 1600. The molecule has 43 heavy (non-hydrogen) atoms. The molecule has 16 heteroatoms. The summed E-state index contributed by atoms with van der Waals surface area (Å²) >= 11 is 0. The molecular weight excluding hydrogens is 585 g/mol. The number of anilines is 1. The highest BCUT2D eigenvalue weighted by atomic mass is 19.2. The fourth-order valence-corrected chi connectivity index (χ4v) is 3.86. The topological polar surface area (TPSA) is 151 Å². The summed E-state index contributed by atoms with van der Waals surface area (Å²) in [5.41, 5.74) is 0.546. The first-order chi connectivity index (χ1) is 20.5. The van der Waals surface area contributed by atoms with E-state index < -0.39 is 58.8 Å². The number of aliphatic hydroxyl groups is 1. The first-order valence-electron chi connectivity index (χ1n) is 12.4. The molecule has 0 heterocycles. The van der Waals surface area contributed by atoms with E-state index in [1.807, 2.05) is 0 Å². The molecule has 0 radical (unpaired) electrons. The normalized spacial score (nSPS) is 11.0. The molecule has 0 aliphatic rings. The molecule has 3 rings (SSSR count). The average Bonchev–Trinajstić information content (AvgIpc) is 3.01. The Balaban J connectivity index is 1.78. The van der Waals surface area contributed by atoms with E-state index >= 15 is 0 Å². The number of carbonyl (C=O) groups is 1. The van der Waals surface area contributed by atoms with Crippen LogP contribution in [-0.4, -0.2) is 36.2 Å². The second-order valence-corrected chi connectivity index (χ2v) is 8.64. The Morgan fingerprint density at radius 1 is 1.05 bits per heavy atom. The third-order valence-corrected chi connectivity index (χ3v) is 6.04. The van der Waals surface area contributed by atoms with Crippen molar-refractivity contribution in [3.63, 3.8) is 0 Å². The molecule has 3 aromatic carbocycles. The SMILES string of the molecule is CCN(CCCC(=O)Oc1c(F)c(F)c(F)c(F)c1F)c1cc(CO)c(N=Nc2ccc([N+](=O)[O-])cc2C#N)cc1OC. The van der Waals surface area contributed by atoms with Gasteiger partial charge in [0.2, 0.25) is 34.8 Å². The lowest BCUT2D eigenvalue weighted by molar-refractivity contribution is -0.384. The van der Waals surface area contributed by atoms with E-state index in [-0.39, 0.29) is 46.9 Å². The molecule has 0 saturated heterocycles. The van der Waals surface area contributed by atoms with Crippen LogP contribution >= 0.6 is 0 Å². The Labute approximate surface area is 240 Å². The van der Waals surface area contributed by atoms with Gasteiger partial charge in [0.25, 0.3) is 5.69 Å². The summed E-state index contributed by atoms with van der Waals surface area (Å²) in [6.45, 7) is 1.75. The van der Waals surface area contributed by atoms with Gasteiger partial charge >= 0.3 is 5.97 Å². The number of aliphatic hydroxyl groups excluding tert-OH is 1. The molecule has 0 saturated carbocycles. The molecule has 0 aromatic heterocycles. The van der Waals surface area contributed by atoms with Crippen LogP contribution in [0.2, 0.25) is 0 Å². The number of carbonyl (C=O) groups excluding carboxylic acids is 1. The second kappa shape index (κ2) is 14.1. The van der Waals surface area contributed by atoms with Crippen molar-refractivity contribution >= 4 is 28.7 Å². The highest BCUT2D eigenvalue weighted by molar-refractivity contribution is 5.73. The van der Waals surface area contributed by atoms with Gasteiger partial charge in [0.15, 0.2) is 0 Å². The Morgan fingerprint density at radius 2 is 1.67 bits per heavy atom. The number of hydrogen-bond acceptors (Lipinski definition) is 10. The molecule has 0 fully saturated rings. The third-order valence-electron chi connectivity index (χ3n) is 6.04. The lowest BCUT2D eigenvalue weighted by atomic mass is 10.1. The van der Waals surface area contributed by atoms with Crippen LogP contribution in [0.15, 0.2) is 40.6 Å². The first-order valence-corrected chi connectivity index (χ1v) is 12.4. The van der Waals surface area contributed by atoms with E-state index in [9.17, 15) is 47.2 Å². The summed E-state index contributed by atoms with van der Waals surface area (Å²) in [5.74, 6) is -14.1. The quantitative estimate of drug-likeness (QED) is 0.0369. The van der Waals surface area contributed by atoms with Gasteiger partial charge in [0.1, 0.15) is 17.5 Å². The predicted octanol–water partition coefficient (Wildman–Crippen LogP) is 6.29. The van der Waals surface area contributed by atoms with Gasteiger partial charge in [0.05, 0.1) is 35.6 Å². The summed E-state index contributed by atoms with van der Waals surface area (Å²) in [6.07, 6.45) is -0.424. The van der Waals surface area contributed by atoms with E-state index in [0.717, 1.165) is 12.1 Å². The standard InChI is InChI=1S/C27H22F5N5O6/c1-3-36(8-4-5-21(39)43-27-25(31)23(29)22(28)24(30)26(27)32)19-10-15(13-38)18(11-20(19)42-2)35-34-17-7-6-16(37(40)41)9-14(17)12-33/h6-7,9-11,38H,3-5,8,13H2,1-2H3. The third kappa shape index (κ3) is 7.19. The Kier molecular flexibility index (Phi) is 10.6. The van der Waals surface area contributed by atoms with E-state index in [2.05, 4.69) is 15.0 Å². The van der Waals surface area contributed by atoms with Crippen molar-refractivity contribution in [3.8, 4) is 17.6 Å². The zero-order valence-electron chi connectivity index (χ0n) is 22.5. The number of benzene rings is 3. The van der Waals surface area contributed by atoms with Gasteiger partial charge in [-0.3, -0.25) is 14.9 Å². The molecule has 0 spiro atoms. The van der Waals surface area contributed by atoms with Crippen molar-refractivity contribution in [2.45, 2.75) is 26.4 Å². The fourth-order valence-electron chi connectivity index (χ4n) is 3.86. The molecule has 3 aromatic rings. The van der Waals surface area contributed by atoms with Gasteiger partial charge in [-0.25, -0.2) is 13.2 Å². The van der Waals surface area contributed by atoms with Crippen LogP contribution in [-0.2, 0) is 11.4 Å². The van der Waals surface area contributed by atoms with E-state index in [4.69, 9.17) is 4.74 Å². The minimum Gasteiger partial charge on any atom is -0.495 e. The number of halogens is 5. The predicted molar refractivity (Wildman–Crippen MR) is 140 cm³/mol. The number of rotatable bonds is 12. The van der Waals surface area contributed by atoms with Gasteiger partial charge < -0.3 is 19.5 Å². The van der Waals surface area contributed by atoms with Gasteiger partial charge in [-0.15, -0.1) is 10.2 Å². The molecule has 1 N–H and O–H groups in total. The molecule has 226 valence electrons. The Hall–Kier alpha value is -5.17. The highest BCUT2D eigenvalue weighted by Gasteiger charge is 2.28. The van der Waals surface area contributed by atoms with Crippen LogP contribution in [0, 0.1) is 50.5 Å². The zero-order chi connectivity index (χ0) is 31.8. The number of hydrogen-bond donors (Lipinski definition) is 1. The van der Waals surface area contributed by atoms with Gasteiger partial charge in [-0.05, 0) is 25.5 Å². The van der Waals surface area contributed by atoms with Crippen LogP contribution < -0.4 is 14.4 Å². The Morgan fingerprint density at radius 3 is 2.23 bits per heavy atom. The number of methoxy groups -OCH3 is 1. The number of ether oxygens (including phenoxy) is 2. The van der Waals surface area contributed by atoms with Crippen molar-refractivity contribution in [2.24, 2.45) is 10.2 Å². The number of non-ortho nitro benzene ring substituents is 1. The van der Waals surface area contributed by atoms with Crippen molar-refractivity contribution in [1.29, 1.82) is 5.26 Å². The number of nitro benzene ring substituents is 1. The summed E-state index contributed by atoms with van der Waals surface area (Å²) < 4.78 is 77.5. The van der Waals surface area contributed by atoms with Crippen molar-refractivity contribution in [3.05, 3.63) is 80.7 Å². The maximum atomic E-state index is 13.8. The number of azo groups is 1. The lowest BCUT2D eigenvalue weighted by Gasteiger charge is -2.26.